The van der Waals surface area contributed by atoms with E-state index in [-0.39, 0.29) is 5.78 Å². The summed E-state index contributed by atoms with van der Waals surface area (Å²) in [6.07, 6.45) is 5.92. The Morgan fingerprint density at radius 1 is 1.07 bits per heavy atom. The van der Waals surface area contributed by atoms with Gasteiger partial charge in [0.2, 0.25) is 0 Å². The monoisotopic (exact) mass is 452 g/mol. The Morgan fingerprint density at radius 3 is 2.50 bits per heavy atom. The van der Waals surface area contributed by atoms with Crippen LogP contribution in [0.2, 0.25) is 0 Å². The number of carbonyl (C=O) groups excluding carboxylic acids is 1. The van der Waals surface area contributed by atoms with Crippen LogP contribution in [0.3, 0.4) is 0 Å². The van der Waals surface area contributed by atoms with Gasteiger partial charge in [-0.25, -0.2) is 0 Å². The predicted molar refractivity (Wildman–Crippen MR) is 122 cm³/mol. The first-order chi connectivity index (χ1) is 13.5. The molecule has 0 atom stereocenters. The van der Waals surface area contributed by atoms with E-state index in [2.05, 4.69) is 72.2 Å². The van der Waals surface area contributed by atoms with Crippen LogP contribution in [0.15, 0.2) is 53.0 Å². The average molecular weight is 453 g/mol. The van der Waals surface area contributed by atoms with E-state index in [0.717, 1.165) is 27.6 Å². The molecule has 1 heterocycles. The van der Waals surface area contributed by atoms with Crippen LogP contribution in [0.25, 0.3) is 0 Å². The summed E-state index contributed by atoms with van der Waals surface area (Å²) in [6, 6.07) is 16.8. The van der Waals surface area contributed by atoms with Crippen LogP contribution in [0.1, 0.15) is 74.0 Å². The Morgan fingerprint density at radius 2 is 1.79 bits per heavy atom. The lowest BCUT2D eigenvalue weighted by Crippen LogP contribution is -2.06. The van der Waals surface area contributed by atoms with Gasteiger partial charge in [0, 0.05) is 31.8 Å². The smallest absolute Gasteiger partial charge is 0.194 e. The van der Waals surface area contributed by atoms with E-state index in [9.17, 15) is 4.79 Å². The van der Waals surface area contributed by atoms with Crippen molar-refractivity contribution in [3.8, 4) is 0 Å². The molecule has 0 amide bonds. The average Bonchev–Trinajstić information content (AvgIpc) is 3.33. The molecule has 1 aliphatic rings. The summed E-state index contributed by atoms with van der Waals surface area (Å²) in [7, 11) is 0. The maximum Gasteiger partial charge on any atom is 0.194 e. The lowest BCUT2D eigenvalue weighted by Gasteiger charge is -2.12. The van der Waals surface area contributed by atoms with Crippen LogP contribution in [0.4, 0.5) is 0 Å². The lowest BCUT2D eigenvalue weighted by molar-refractivity contribution is 0.103. The number of ketones is 1. The number of aryl methyl sites for hydroxylation is 1. The van der Waals surface area contributed by atoms with Gasteiger partial charge in [0.25, 0.3) is 0 Å². The molecule has 3 heteroatoms. The van der Waals surface area contributed by atoms with Crippen LogP contribution in [0, 0.1) is 13.8 Å². The second kappa shape index (κ2) is 8.34. The molecule has 1 saturated carbocycles. The molecule has 1 aromatic heterocycles. The first kappa shape index (κ1) is 19.6. The fourth-order valence-electron chi connectivity index (χ4n) is 4.24. The molecule has 0 aliphatic heterocycles. The number of hydrogen-bond donors (Lipinski definition) is 0. The summed E-state index contributed by atoms with van der Waals surface area (Å²) in [5.74, 6) is 0.800. The number of carbonyl (C=O) groups is 1. The largest absolute Gasteiger partial charge is 0.289 e. The number of benzene rings is 2. The van der Waals surface area contributed by atoms with E-state index >= 15 is 0 Å². The van der Waals surface area contributed by atoms with Crippen molar-refractivity contribution in [2.75, 3.05) is 0 Å². The van der Waals surface area contributed by atoms with Crippen molar-refractivity contribution < 1.29 is 4.79 Å². The third kappa shape index (κ3) is 4.01. The van der Waals surface area contributed by atoms with Gasteiger partial charge in [-0.1, -0.05) is 59.1 Å². The standard InChI is InChI=1S/C25H25BrOS/c1-16-17(2)28-23(14-18-10-12-22(26)13-11-18)24(16)25(27)21-9-5-8-20(15-21)19-6-3-4-7-19/h5,8-13,15,19H,3-4,6-7,14H2,1-2H3. The van der Waals surface area contributed by atoms with Crippen LogP contribution < -0.4 is 0 Å². The molecular weight excluding hydrogens is 428 g/mol. The van der Waals surface area contributed by atoms with Gasteiger partial charge in [0.05, 0.1) is 0 Å². The molecule has 144 valence electrons. The number of rotatable bonds is 5. The van der Waals surface area contributed by atoms with Crippen LogP contribution in [-0.2, 0) is 6.42 Å². The number of thiophene rings is 1. The third-order valence-corrected chi connectivity index (χ3v) is 7.67. The van der Waals surface area contributed by atoms with E-state index in [1.54, 1.807) is 11.3 Å². The molecule has 0 bridgehead atoms. The van der Waals surface area contributed by atoms with Gasteiger partial charge in [-0.05, 0) is 67.5 Å². The Balaban J connectivity index is 1.67. The summed E-state index contributed by atoms with van der Waals surface area (Å²) in [6.45, 7) is 4.21. The molecule has 0 saturated heterocycles. The topological polar surface area (TPSA) is 17.1 Å². The van der Waals surface area contributed by atoms with Crippen LogP contribution in [0.5, 0.6) is 0 Å². The first-order valence-electron chi connectivity index (χ1n) is 10.0. The summed E-state index contributed by atoms with van der Waals surface area (Å²) in [4.78, 5) is 15.9. The molecule has 3 aromatic rings. The first-order valence-corrected chi connectivity index (χ1v) is 11.6. The summed E-state index contributed by atoms with van der Waals surface area (Å²) in [5.41, 5.74) is 5.45. The van der Waals surface area contributed by atoms with Gasteiger partial charge in [-0.2, -0.15) is 0 Å². The minimum atomic E-state index is 0.175. The quantitative estimate of drug-likeness (QED) is 0.364. The zero-order valence-electron chi connectivity index (χ0n) is 16.4. The number of hydrogen-bond acceptors (Lipinski definition) is 2. The van der Waals surface area contributed by atoms with Gasteiger partial charge in [-0.15, -0.1) is 11.3 Å². The normalized spacial score (nSPS) is 14.5. The molecule has 0 spiro atoms. The second-order valence-electron chi connectivity index (χ2n) is 7.82. The summed E-state index contributed by atoms with van der Waals surface area (Å²) < 4.78 is 1.08. The number of halogens is 1. The van der Waals surface area contributed by atoms with E-state index < -0.39 is 0 Å². The maximum atomic E-state index is 13.5. The highest BCUT2D eigenvalue weighted by Gasteiger charge is 2.23. The zero-order valence-corrected chi connectivity index (χ0v) is 18.8. The molecule has 0 N–H and O–H groups in total. The van der Waals surface area contributed by atoms with Crippen molar-refractivity contribution in [1.82, 2.24) is 0 Å². The van der Waals surface area contributed by atoms with E-state index in [0.29, 0.717) is 5.92 Å². The highest BCUT2D eigenvalue weighted by atomic mass is 79.9. The summed E-state index contributed by atoms with van der Waals surface area (Å²) >= 11 is 5.26. The second-order valence-corrected chi connectivity index (χ2v) is 10.0. The molecular formula is C25H25BrOS. The molecule has 2 aromatic carbocycles. The van der Waals surface area contributed by atoms with Gasteiger partial charge in [-0.3, -0.25) is 4.79 Å². The molecule has 1 aliphatic carbocycles. The molecule has 1 nitrogen and oxygen atoms in total. The highest BCUT2D eigenvalue weighted by Crippen LogP contribution is 2.36. The van der Waals surface area contributed by atoms with Crippen molar-refractivity contribution >= 4 is 33.0 Å². The van der Waals surface area contributed by atoms with Crippen molar-refractivity contribution in [2.24, 2.45) is 0 Å². The zero-order chi connectivity index (χ0) is 19.7. The van der Waals surface area contributed by atoms with Crippen LogP contribution >= 0.6 is 27.3 Å². The minimum Gasteiger partial charge on any atom is -0.289 e. The van der Waals surface area contributed by atoms with Crippen molar-refractivity contribution in [3.05, 3.63) is 90.6 Å². The van der Waals surface area contributed by atoms with Crippen molar-refractivity contribution in [2.45, 2.75) is 51.9 Å². The highest BCUT2D eigenvalue weighted by molar-refractivity contribution is 9.10. The third-order valence-electron chi connectivity index (χ3n) is 5.94. The van der Waals surface area contributed by atoms with Crippen LogP contribution in [-0.4, -0.2) is 5.78 Å². The molecule has 0 radical (unpaired) electrons. The van der Waals surface area contributed by atoms with Gasteiger partial charge in [0.15, 0.2) is 5.78 Å². The molecule has 28 heavy (non-hydrogen) atoms. The van der Waals surface area contributed by atoms with Gasteiger partial charge >= 0.3 is 0 Å². The van der Waals surface area contributed by atoms with E-state index in [1.165, 1.54) is 46.6 Å². The Bertz CT molecular complexity index is 994. The van der Waals surface area contributed by atoms with Gasteiger partial charge < -0.3 is 0 Å². The summed E-state index contributed by atoms with van der Waals surface area (Å²) in [5, 5.41) is 0. The van der Waals surface area contributed by atoms with Gasteiger partial charge in [0.1, 0.15) is 0 Å². The molecule has 1 fully saturated rings. The molecule has 4 rings (SSSR count). The Labute approximate surface area is 179 Å². The SMILES string of the molecule is Cc1sc(Cc2ccc(Br)cc2)c(C(=O)c2cccc(C3CCCC3)c2)c1C. The minimum absolute atomic E-state index is 0.175. The predicted octanol–water partition coefficient (Wildman–Crippen LogP) is 7.61. The van der Waals surface area contributed by atoms with E-state index in [1.807, 2.05) is 6.07 Å². The maximum absolute atomic E-state index is 13.5. The molecule has 0 unspecified atom stereocenters. The Kier molecular flexibility index (Phi) is 5.84. The Hall–Kier alpha value is -1.71. The lowest BCUT2D eigenvalue weighted by atomic mass is 9.92. The fraction of sp³-hybridized carbons (Fsp3) is 0.320. The van der Waals surface area contributed by atoms with Crippen molar-refractivity contribution in [3.63, 3.8) is 0 Å². The van der Waals surface area contributed by atoms with Crippen molar-refractivity contribution in [1.29, 1.82) is 0 Å². The van der Waals surface area contributed by atoms with E-state index in [4.69, 9.17) is 0 Å². The fourth-order valence-corrected chi connectivity index (χ4v) is 5.72.